The van der Waals surface area contributed by atoms with Gasteiger partial charge in [0.1, 0.15) is 17.9 Å². The van der Waals surface area contributed by atoms with Gasteiger partial charge in [-0.2, -0.15) is 0 Å². The normalized spacial score (nSPS) is 10.5. The lowest BCUT2D eigenvalue weighted by molar-refractivity contribution is -0.144. The van der Waals surface area contributed by atoms with Crippen LogP contribution in [0.5, 0.6) is 5.75 Å². The average molecular weight is 411 g/mol. The summed E-state index contributed by atoms with van der Waals surface area (Å²) in [6, 6.07) is 13.3. The van der Waals surface area contributed by atoms with Crippen LogP contribution in [-0.2, 0) is 27.3 Å². The van der Waals surface area contributed by atoms with Gasteiger partial charge in [-0.15, -0.1) is 0 Å². The topological polar surface area (TPSA) is 104 Å². The summed E-state index contributed by atoms with van der Waals surface area (Å²) in [6.45, 7) is 1.83. The number of rotatable bonds is 7. The standard InChI is InChI=1S/C22H21NO7/c1-3-28-22(26)23-16-8-9-17-15(11-21(25)30-19(17)12-16)13-29-20(24)10-14-6-4-5-7-18(14)27-2/h4-9,11-12H,3,10,13H2,1-2H3,(H,23,26). The third-order valence-corrected chi connectivity index (χ3v) is 4.27. The minimum absolute atomic E-state index is 0.0387. The minimum atomic E-state index is -0.611. The molecule has 0 fully saturated rings. The van der Waals surface area contributed by atoms with Gasteiger partial charge in [-0.05, 0) is 25.1 Å². The Kier molecular flexibility index (Phi) is 6.69. The maximum absolute atomic E-state index is 12.3. The highest BCUT2D eigenvalue weighted by Crippen LogP contribution is 2.23. The number of hydrogen-bond donors (Lipinski definition) is 1. The fourth-order valence-corrected chi connectivity index (χ4v) is 2.93. The molecule has 156 valence electrons. The molecule has 30 heavy (non-hydrogen) atoms. The van der Waals surface area contributed by atoms with Gasteiger partial charge in [0.2, 0.25) is 0 Å². The van der Waals surface area contributed by atoms with Crippen LogP contribution in [0.3, 0.4) is 0 Å². The van der Waals surface area contributed by atoms with Crippen molar-refractivity contribution >= 4 is 28.7 Å². The number of anilines is 1. The van der Waals surface area contributed by atoms with Gasteiger partial charge in [-0.1, -0.05) is 18.2 Å². The number of carbonyl (C=O) groups is 2. The first-order valence-corrected chi connectivity index (χ1v) is 9.28. The van der Waals surface area contributed by atoms with Crippen LogP contribution in [-0.4, -0.2) is 25.8 Å². The third kappa shape index (κ3) is 5.16. The zero-order valence-electron chi connectivity index (χ0n) is 16.6. The van der Waals surface area contributed by atoms with Crippen molar-refractivity contribution in [1.82, 2.24) is 0 Å². The van der Waals surface area contributed by atoms with Crippen molar-refractivity contribution in [3.05, 3.63) is 70.1 Å². The predicted octanol–water partition coefficient (Wildman–Crippen LogP) is 3.66. The van der Waals surface area contributed by atoms with Crippen molar-refractivity contribution in [3.63, 3.8) is 0 Å². The molecule has 0 atom stereocenters. The first kappa shape index (κ1) is 20.9. The molecular formula is C22H21NO7. The van der Waals surface area contributed by atoms with Crippen LogP contribution in [0, 0.1) is 0 Å². The summed E-state index contributed by atoms with van der Waals surface area (Å²) in [5, 5.41) is 3.13. The van der Waals surface area contributed by atoms with Gasteiger partial charge in [0.25, 0.3) is 0 Å². The Bertz CT molecular complexity index is 1120. The molecule has 1 heterocycles. The summed E-state index contributed by atoms with van der Waals surface area (Å²) in [5.41, 5.74) is 1.28. The fourth-order valence-electron chi connectivity index (χ4n) is 2.93. The number of ether oxygens (including phenoxy) is 3. The van der Waals surface area contributed by atoms with E-state index in [0.29, 0.717) is 28.0 Å². The Morgan fingerprint density at radius 3 is 2.60 bits per heavy atom. The molecule has 3 aromatic rings. The molecule has 3 rings (SSSR count). The van der Waals surface area contributed by atoms with Crippen molar-refractivity contribution < 1.29 is 28.2 Å². The molecule has 0 unspecified atom stereocenters. The van der Waals surface area contributed by atoms with Crippen molar-refractivity contribution in [2.45, 2.75) is 20.0 Å². The van der Waals surface area contributed by atoms with E-state index in [-0.39, 0.29) is 25.2 Å². The Balaban J connectivity index is 1.74. The lowest BCUT2D eigenvalue weighted by atomic mass is 10.1. The number of benzene rings is 2. The van der Waals surface area contributed by atoms with E-state index in [1.807, 2.05) is 12.1 Å². The number of methoxy groups -OCH3 is 1. The predicted molar refractivity (Wildman–Crippen MR) is 110 cm³/mol. The number of fused-ring (bicyclic) bond motifs is 1. The number of amides is 1. The lowest BCUT2D eigenvalue weighted by Crippen LogP contribution is -2.13. The van der Waals surface area contributed by atoms with E-state index in [9.17, 15) is 14.4 Å². The van der Waals surface area contributed by atoms with Gasteiger partial charge in [-0.3, -0.25) is 10.1 Å². The van der Waals surface area contributed by atoms with E-state index < -0.39 is 17.7 Å². The average Bonchev–Trinajstić information content (AvgIpc) is 2.72. The summed E-state index contributed by atoms with van der Waals surface area (Å²) in [7, 11) is 1.53. The number of nitrogens with one attached hydrogen (secondary N) is 1. The zero-order chi connectivity index (χ0) is 21.5. The monoisotopic (exact) mass is 411 g/mol. The maximum Gasteiger partial charge on any atom is 0.411 e. The number of para-hydroxylation sites is 1. The highest BCUT2D eigenvalue weighted by atomic mass is 16.5. The Hall–Kier alpha value is -3.81. The van der Waals surface area contributed by atoms with Gasteiger partial charge in [-0.25, -0.2) is 9.59 Å². The van der Waals surface area contributed by atoms with Crippen LogP contribution in [0.4, 0.5) is 10.5 Å². The van der Waals surface area contributed by atoms with Gasteiger partial charge >= 0.3 is 17.7 Å². The van der Waals surface area contributed by atoms with Gasteiger partial charge in [0, 0.05) is 34.3 Å². The van der Waals surface area contributed by atoms with Crippen LogP contribution in [0.25, 0.3) is 11.0 Å². The molecule has 8 nitrogen and oxygen atoms in total. The molecule has 1 amide bonds. The molecule has 2 aromatic carbocycles. The molecule has 0 aliphatic carbocycles. The summed E-state index contributed by atoms with van der Waals surface area (Å²) in [5.74, 6) is 0.142. The van der Waals surface area contributed by atoms with Crippen LogP contribution in [0.1, 0.15) is 18.1 Å². The lowest BCUT2D eigenvalue weighted by Gasteiger charge is -2.10. The van der Waals surface area contributed by atoms with E-state index in [4.69, 9.17) is 18.6 Å². The van der Waals surface area contributed by atoms with Gasteiger partial charge < -0.3 is 18.6 Å². The minimum Gasteiger partial charge on any atom is -0.496 e. The molecule has 0 bridgehead atoms. The van der Waals surface area contributed by atoms with E-state index in [0.717, 1.165) is 0 Å². The number of esters is 1. The number of hydrogen-bond acceptors (Lipinski definition) is 7. The Labute approximate surface area is 172 Å². The van der Waals surface area contributed by atoms with Crippen molar-refractivity contribution in [3.8, 4) is 5.75 Å². The second kappa shape index (κ2) is 9.60. The van der Waals surface area contributed by atoms with Gasteiger partial charge in [0.05, 0.1) is 20.1 Å². The molecule has 0 aliphatic heterocycles. The maximum atomic E-state index is 12.3. The highest BCUT2D eigenvalue weighted by molar-refractivity contribution is 5.90. The Morgan fingerprint density at radius 2 is 1.83 bits per heavy atom. The molecule has 8 heteroatoms. The molecule has 1 aromatic heterocycles. The second-order valence-electron chi connectivity index (χ2n) is 6.30. The molecular weight excluding hydrogens is 390 g/mol. The first-order chi connectivity index (χ1) is 14.5. The van der Waals surface area contributed by atoms with E-state index >= 15 is 0 Å². The van der Waals surface area contributed by atoms with Crippen LogP contribution in [0.2, 0.25) is 0 Å². The summed E-state index contributed by atoms with van der Waals surface area (Å²) in [4.78, 5) is 35.8. The Morgan fingerprint density at radius 1 is 1.03 bits per heavy atom. The number of carbonyl (C=O) groups excluding carboxylic acids is 2. The molecule has 0 aliphatic rings. The largest absolute Gasteiger partial charge is 0.496 e. The van der Waals surface area contributed by atoms with Crippen molar-refractivity contribution in [1.29, 1.82) is 0 Å². The van der Waals surface area contributed by atoms with Crippen molar-refractivity contribution in [2.75, 3.05) is 19.0 Å². The fraction of sp³-hybridized carbons (Fsp3) is 0.227. The van der Waals surface area contributed by atoms with E-state index in [1.54, 1.807) is 31.2 Å². The molecule has 0 radical (unpaired) electrons. The van der Waals surface area contributed by atoms with Crippen molar-refractivity contribution in [2.24, 2.45) is 0 Å². The molecule has 0 spiro atoms. The van der Waals surface area contributed by atoms with Crippen LogP contribution >= 0.6 is 0 Å². The van der Waals surface area contributed by atoms with Gasteiger partial charge in [0.15, 0.2) is 0 Å². The molecule has 1 N–H and O–H groups in total. The molecule has 0 saturated heterocycles. The second-order valence-corrected chi connectivity index (χ2v) is 6.30. The zero-order valence-corrected chi connectivity index (χ0v) is 16.6. The van der Waals surface area contributed by atoms with E-state index in [2.05, 4.69) is 5.32 Å². The SMILES string of the molecule is CCOC(=O)Nc1ccc2c(COC(=O)Cc3ccccc3OC)cc(=O)oc2c1. The van der Waals surface area contributed by atoms with Crippen LogP contribution < -0.4 is 15.7 Å². The van der Waals surface area contributed by atoms with E-state index in [1.165, 1.54) is 19.2 Å². The smallest absolute Gasteiger partial charge is 0.411 e. The summed E-state index contributed by atoms with van der Waals surface area (Å²) in [6.07, 6.45) is -0.572. The highest BCUT2D eigenvalue weighted by Gasteiger charge is 2.13. The quantitative estimate of drug-likeness (QED) is 0.467. The first-order valence-electron chi connectivity index (χ1n) is 9.28. The summed E-state index contributed by atoms with van der Waals surface area (Å²) >= 11 is 0. The third-order valence-electron chi connectivity index (χ3n) is 4.27. The van der Waals surface area contributed by atoms with Crippen LogP contribution in [0.15, 0.2) is 57.7 Å². The summed E-state index contributed by atoms with van der Waals surface area (Å²) < 4.78 is 20.6. The molecule has 0 saturated carbocycles.